The van der Waals surface area contributed by atoms with Crippen LogP contribution >= 0.6 is 34.8 Å². The van der Waals surface area contributed by atoms with Crippen molar-refractivity contribution in [3.05, 3.63) is 38.7 Å². The van der Waals surface area contributed by atoms with Crippen molar-refractivity contribution in [2.45, 2.75) is 13.1 Å². The Kier molecular flexibility index (Phi) is 5.22. The van der Waals surface area contributed by atoms with Gasteiger partial charge in [0.2, 0.25) is 5.28 Å². The maximum absolute atomic E-state index is 12.8. The monoisotopic (exact) mass is 401 g/mol. The van der Waals surface area contributed by atoms with Crippen LogP contribution in [0, 0.1) is 0 Å². The minimum Gasteiger partial charge on any atom is -0.461 e. The van der Waals surface area contributed by atoms with E-state index in [9.17, 15) is 18.0 Å². The van der Waals surface area contributed by atoms with Crippen LogP contribution in [0.4, 0.5) is 19.0 Å². The Morgan fingerprint density at radius 3 is 2.29 bits per heavy atom. The van der Waals surface area contributed by atoms with Gasteiger partial charge in [-0.05, 0) is 30.7 Å². The Balaban J connectivity index is 2.64. The Morgan fingerprint density at radius 2 is 1.83 bits per heavy atom. The van der Waals surface area contributed by atoms with Crippen molar-refractivity contribution in [2.75, 3.05) is 12.3 Å². The number of aromatic nitrogens is 2. The third-order valence-corrected chi connectivity index (χ3v) is 3.74. The molecule has 130 valence electrons. The lowest BCUT2D eigenvalue weighted by atomic mass is 10.2. The first-order valence-corrected chi connectivity index (χ1v) is 7.48. The lowest BCUT2D eigenvalue weighted by Gasteiger charge is -2.14. The summed E-state index contributed by atoms with van der Waals surface area (Å²) < 4.78 is 44.1. The minimum atomic E-state index is -4.63. The van der Waals surface area contributed by atoms with Gasteiger partial charge >= 0.3 is 12.1 Å². The minimum absolute atomic E-state index is 0.0740. The van der Waals surface area contributed by atoms with Gasteiger partial charge in [-0.25, -0.2) is 9.78 Å². The molecule has 2 N–H and O–H groups in total. The molecule has 0 amide bonds. The molecule has 0 saturated heterocycles. The number of rotatable bonds is 3. The first-order chi connectivity index (χ1) is 11.1. The summed E-state index contributed by atoms with van der Waals surface area (Å²) in [4.78, 5) is 15.5. The maximum atomic E-state index is 12.8. The van der Waals surface area contributed by atoms with Crippen molar-refractivity contribution in [2.24, 2.45) is 0 Å². The third-order valence-electron chi connectivity index (χ3n) is 2.91. The topological polar surface area (TPSA) is 70.1 Å². The van der Waals surface area contributed by atoms with Crippen LogP contribution in [0.5, 0.6) is 0 Å². The molecule has 0 atom stereocenters. The molecule has 11 heteroatoms. The van der Waals surface area contributed by atoms with Crippen molar-refractivity contribution in [1.82, 2.24) is 9.55 Å². The second kappa shape index (κ2) is 6.70. The number of alkyl halides is 3. The summed E-state index contributed by atoms with van der Waals surface area (Å²) in [6, 6.07) is 1.34. The lowest BCUT2D eigenvalue weighted by molar-refractivity contribution is -0.137. The number of ether oxygens (including phenoxy) is 1. The van der Waals surface area contributed by atoms with E-state index in [0.717, 1.165) is 4.57 Å². The molecule has 1 aromatic heterocycles. The number of hydrogen-bond acceptors (Lipinski definition) is 4. The number of hydrogen-bond donors (Lipinski definition) is 1. The largest absolute Gasteiger partial charge is 0.461 e. The average molecular weight is 403 g/mol. The molecule has 2 rings (SSSR count). The summed E-state index contributed by atoms with van der Waals surface area (Å²) in [7, 11) is 0. The van der Waals surface area contributed by atoms with Gasteiger partial charge in [0.1, 0.15) is 5.82 Å². The van der Waals surface area contributed by atoms with Crippen molar-refractivity contribution in [1.29, 1.82) is 0 Å². The number of nitrogen functional groups attached to an aromatic ring is 1. The number of imidazole rings is 1. The van der Waals surface area contributed by atoms with Gasteiger partial charge in [0.25, 0.3) is 0 Å². The zero-order valence-electron chi connectivity index (χ0n) is 11.9. The predicted molar refractivity (Wildman–Crippen MR) is 84.0 cm³/mol. The Labute approximate surface area is 149 Å². The summed E-state index contributed by atoms with van der Waals surface area (Å²) in [6.07, 6.45) is -4.63. The number of carbonyl (C=O) groups excluding carboxylic acids is 1. The van der Waals surface area contributed by atoms with E-state index < -0.39 is 17.7 Å². The fraction of sp³-hybridized carbons (Fsp3) is 0.231. The average Bonchev–Trinajstić information content (AvgIpc) is 2.74. The summed E-state index contributed by atoms with van der Waals surface area (Å²) in [6.45, 7) is 1.65. The van der Waals surface area contributed by atoms with Gasteiger partial charge in [-0.15, -0.1) is 0 Å². The van der Waals surface area contributed by atoms with Crippen molar-refractivity contribution in [3.63, 3.8) is 0 Å². The molecule has 0 fully saturated rings. The van der Waals surface area contributed by atoms with E-state index in [1.807, 2.05) is 0 Å². The van der Waals surface area contributed by atoms with Gasteiger partial charge in [0, 0.05) is 0 Å². The number of halogens is 6. The third kappa shape index (κ3) is 3.40. The van der Waals surface area contributed by atoms with E-state index in [4.69, 9.17) is 45.3 Å². The molecule has 2 aromatic rings. The second-order valence-corrected chi connectivity index (χ2v) is 5.61. The molecule has 0 bridgehead atoms. The molecule has 1 aromatic carbocycles. The summed E-state index contributed by atoms with van der Waals surface area (Å²) in [5.41, 5.74) is 4.34. The van der Waals surface area contributed by atoms with E-state index >= 15 is 0 Å². The summed E-state index contributed by atoms with van der Waals surface area (Å²) >= 11 is 17.7. The van der Waals surface area contributed by atoms with Crippen LogP contribution < -0.4 is 5.73 Å². The molecule has 0 unspecified atom stereocenters. The second-order valence-electron chi connectivity index (χ2n) is 4.46. The van der Waals surface area contributed by atoms with Crippen LogP contribution in [0.1, 0.15) is 23.0 Å². The Bertz CT molecular complexity index is 783. The van der Waals surface area contributed by atoms with E-state index in [1.54, 1.807) is 6.92 Å². The normalized spacial score (nSPS) is 11.6. The van der Waals surface area contributed by atoms with Crippen molar-refractivity contribution >= 4 is 46.6 Å². The first-order valence-electron chi connectivity index (χ1n) is 6.35. The van der Waals surface area contributed by atoms with Crippen LogP contribution in [0.2, 0.25) is 15.3 Å². The molecule has 0 radical (unpaired) electrons. The van der Waals surface area contributed by atoms with Crippen LogP contribution in [-0.4, -0.2) is 22.1 Å². The fourth-order valence-electron chi connectivity index (χ4n) is 1.91. The smallest absolute Gasteiger partial charge is 0.416 e. The van der Waals surface area contributed by atoms with Crippen LogP contribution in [0.15, 0.2) is 12.1 Å². The molecule has 0 aliphatic heterocycles. The predicted octanol–water partition coefficient (Wildman–Crippen LogP) is 4.61. The SMILES string of the molecule is CCOC(=O)c1nc(Cl)n(-c2c(Cl)cc(C(F)(F)F)cc2Cl)c1N. The van der Waals surface area contributed by atoms with Crippen molar-refractivity contribution < 1.29 is 22.7 Å². The molecule has 0 aliphatic rings. The van der Waals surface area contributed by atoms with E-state index in [2.05, 4.69) is 4.98 Å². The van der Waals surface area contributed by atoms with Crippen LogP contribution in [-0.2, 0) is 10.9 Å². The standard InChI is InChI=1S/C13H9Cl3F3N3O2/c1-2-24-11(23)8-10(20)22(12(16)21-8)9-6(14)3-5(4-7(9)15)13(17,18)19/h3-4H,2,20H2,1H3. The molecule has 1 heterocycles. The number of nitrogens with two attached hydrogens (primary N) is 1. The summed E-state index contributed by atoms with van der Waals surface area (Å²) in [5.74, 6) is -1.10. The van der Waals surface area contributed by atoms with Crippen LogP contribution in [0.25, 0.3) is 5.69 Å². The lowest BCUT2D eigenvalue weighted by Crippen LogP contribution is -2.10. The highest BCUT2D eigenvalue weighted by Crippen LogP contribution is 2.39. The number of nitrogens with zero attached hydrogens (tertiary/aromatic N) is 2. The Morgan fingerprint density at radius 1 is 1.29 bits per heavy atom. The van der Waals surface area contributed by atoms with Gasteiger partial charge in [-0.1, -0.05) is 23.2 Å². The molecular weight excluding hydrogens is 394 g/mol. The quantitative estimate of drug-likeness (QED) is 0.761. The first kappa shape index (κ1) is 18.7. The maximum Gasteiger partial charge on any atom is 0.416 e. The fourth-order valence-corrected chi connectivity index (χ4v) is 2.83. The number of benzene rings is 1. The van der Waals surface area contributed by atoms with Gasteiger partial charge in [0.05, 0.1) is 27.9 Å². The zero-order chi connectivity index (χ0) is 18.2. The number of anilines is 1. The van der Waals surface area contributed by atoms with Gasteiger partial charge in [-0.3, -0.25) is 4.57 Å². The van der Waals surface area contributed by atoms with E-state index in [1.165, 1.54) is 0 Å². The number of esters is 1. The highest BCUT2D eigenvalue weighted by atomic mass is 35.5. The van der Waals surface area contributed by atoms with E-state index in [0.29, 0.717) is 12.1 Å². The van der Waals surface area contributed by atoms with Crippen LogP contribution in [0.3, 0.4) is 0 Å². The van der Waals surface area contributed by atoms with Gasteiger partial charge in [0.15, 0.2) is 5.69 Å². The number of carbonyl (C=O) groups is 1. The molecule has 0 spiro atoms. The Hall–Kier alpha value is -1.64. The zero-order valence-corrected chi connectivity index (χ0v) is 14.2. The van der Waals surface area contributed by atoms with Gasteiger partial charge < -0.3 is 10.5 Å². The van der Waals surface area contributed by atoms with Crippen molar-refractivity contribution in [3.8, 4) is 5.69 Å². The molecule has 0 saturated carbocycles. The molecule has 5 nitrogen and oxygen atoms in total. The highest BCUT2D eigenvalue weighted by molar-refractivity contribution is 6.38. The summed E-state index contributed by atoms with van der Waals surface area (Å²) in [5, 5.41) is -1.04. The molecule has 0 aliphatic carbocycles. The van der Waals surface area contributed by atoms with E-state index in [-0.39, 0.29) is 39.1 Å². The van der Waals surface area contributed by atoms with Gasteiger partial charge in [-0.2, -0.15) is 13.2 Å². The molecular formula is C13H9Cl3F3N3O2. The molecule has 24 heavy (non-hydrogen) atoms. The highest BCUT2D eigenvalue weighted by Gasteiger charge is 2.33.